The zero-order valence-corrected chi connectivity index (χ0v) is 25.8. The first-order valence-electron chi connectivity index (χ1n) is 11.5. The maximum absolute atomic E-state index is 12.8. The summed E-state index contributed by atoms with van der Waals surface area (Å²) < 4.78 is 75.0. The van der Waals surface area contributed by atoms with Gasteiger partial charge < -0.3 is 43.0 Å². The molecule has 0 aliphatic carbocycles. The van der Waals surface area contributed by atoms with Crippen LogP contribution in [0.15, 0.2) is 21.2 Å². The number of phosphoric ester groups is 2. The number of rotatable bonds is 13. The van der Waals surface area contributed by atoms with Crippen molar-refractivity contribution in [2.45, 2.75) is 33.6 Å². The molecule has 0 spiro atoms. The average Bonchev–Trinajstić information content (AvgIpc) is 3.41. The van der Waals surface area contributed by atoms with Crippen LogP contribution in [-0.2, 0) is 26.9 Å². The van der Waals surface area contributed by atoms with E-state index in [0.29, 0.717) is 6.07 Å². The van der Waals surface area contributed by atoms with Crippen molar-refractivity contribution in [1.82, 2.24) is 20.6 Å². The Morgan fingerprint density at radius 3 is 1.93 bits per heavy atom. The minimum absolute atomic E-state index is 0.0331. The third-order valence-corrected chi connectivity index (χ3v) is 9.03. The molecular weight excluding hydrogens is 668 g/mol. The van der Waals surface area contributed by atoms with Gasteiger partial charge in [0, 0.05) is 19.5 Å². The molecule has 238 valence electrons. The van der Waals surface area contributed by atoms with Crippen LogP contribution in [0.2, 0.25) is 0 Å². The van der Waals surface area contributed by atoms with Crippen molar-refractivity contribution in [3.63, 3.8) is 0 Å². The Morgan fingerprint density at radius 1 is 0.907 bits per heavy atom. The van der Waals surface area contributed by atoms with E-state index in [1.807, 2.05) is 0 Å². The van der Waals surface area contributed by atoms with Crippen molar-refractivity contribution in [2.24, 2.45) is 0 Å². The average molecular weight is 692 g/mol. The molecule has 2 heterocycles. The highest BCUT2D eigenvalue weighted by molar-refractivity contribution is 7.61. The van der Waals surface area contributed by atoms with E-state index in [1.54, 1.807) is 6.92 Å². The fraction of sp³-hybridized carbons (Fsp3) is 0.333. The first-order valence-corrected chi connectivity index (χ1v) is 17.5. The second-order valence-corrected chi connectivity index (χ2v) is 14.0. The van der Waals surface area contributed by atoms with Crippen LogP contribution in [0.1, 0.15) is 48.6 Å². The van der Waals surface area contributed by atoms with Crippen LogP contribution >= 0.6 is 31.3 Å². The van der Waals surface area contributed by atoms with Gasteiger partial charge in [0.2, 0.25) is 11.7 Å². The van der Waals surface area contributed by atoms with Gasteiger partial charge in [-0.05, 0) is 24.5 Å². The second-order valence-electron chi connectivity index (χ2n) is 8.54. The molecule has 7 N–H and O–H groups in total. The van der Waals surface area contributed by atoms with Gasteiger partial charge in [0.1, 0.15) is 17.1 Å². The van der Waals surface area contributed by atoms with Gasteiger partial charge in [-0.3, -0.25) is 14.6 Å². The van der Waals surface area contributed by atoms with E-state index in [4.69, 9.17) is 37.7 Å². The molecular formula is C18H24N4O17P4. The van der Waals surface area contributed by atoms with Crippen LogP contribution in [0, 0.1) is 6.92 Å². The third kappa shape index (κ3) is 9.36. The summed E-state index contributed by atoms with van der Waals surface area (Å²) in [5, 5.41) is 9.93. The summed E-state index contributed by atoms with van der Waals surface area (Å²) in [7, 11) is -22.6. The van der Waals surface area contributed by atoms with Gasteiger partial charge in [0.25, 0.3) is 5.91 Å². The predicted octanol–water partition coefficient (Wildman–Crippen LogP) is 2.75. The van der Waals surface area contributed by atoms with Crippen LogP contribution in [-0.4, -0.2) is 57.1 Å². The van der Waals surface area contributed by atoms with Crippen LogP contribution in [0.3, 0.4) is 0 Å². The standard InChI is InChI=1S/C18H24N4O17P4/c1-5-19-18(23)15-14(17-20-9(4)34-22-17)16(35-21-15)11-6-10(8(2)3)12(36-42(30,31)38-40(24,25)26)7-13(11)37-43(32,33)39-41(27,28)29/h6-8H,5H2,1-4H3,(H,19,23)(H,30,31)(H,32,33)(H2,24,25,26)(H2,27,28,29). The monoisotopic (exact) mass is 692 g/mol. The molecule has 3 aromatic rings. The van der Waals surface area contributed by atoms with Gasteiger partial charge in [-0.2, -0.15) is 13.6 Å². The smallest absolute Gasteiger partial charge is 0.403 e. The van der Waals surface area contributed by atoms with E-state index < -0.39 is 71.6 Å². The molecule has 2 atom stereocenters. The first-order chi connectivity index (χ1) is 19.6. The van der Waals surface area contributed by atoms with E-state index >= 15 is 0 Å². The number of benzene rings is 1. The van der Waals surface area contributed by atoms with Crippen molar-refractivity contribution in [2.75, 3.05) is 6.54 Å². The van der Waals surface area contributed by atoms with E-state index in [-0.39, 0.29) is 29.4 Å². The molecule has 0 aliphatic rings. The first kappa shape index (κ1) is 34.7. The molecule has 3 rings (SSSR count). The lowest BCUT2D eigenvalue weighted by Crippen LogP contribution is -2.23. The number of phosphoric acid groups is 4. The van der Waals surface area contributed by atoms with Crippen molar-refractivity contribution >= 4 is 37.2 Å². The summed E-state index contributed by atoms with van der Waals surface area (Å²) >= 11 is 0. The number of nitrogens with zero attached hydrogens (tertiary/aromatic N) is 3. The second kappa shape index (κ2) is 12.7. The number of carbonyl (C=O) groups is 1. The molecule has 2 unspecified atom stereocenters. The summed E-state index contributed by atoms with van der Waals surface area (Å²) in [4.78, 5) is 72.8. The van der Waals surface area contributed by atoms with Crippen molar-refractivity contribution in [3.05, 3.63) is 29.3 Å². The highest BCUT2D eigenvalue weighted by atomic mass is 31.3. The normalized spacial score (nSPS) is 15.1. The highest BCUT2D eigenvalue weighted by Crippen LogP contribution is 2.61. The van der Waals surface area contributed by atoms with Gasteiger partial charge in [0.15, 0.2) is 11.5 Å². The Labute approximate surface area is 240 Å². The molecule has 0 fully saturated rings. The summed E-state index contributed by atoms with van der Waals surface area (Å²) in [6, 6.07) is 1.69. The predicted molar refractivity (Wildman–Crippen MR) is 139 cm³/mol. The molecule has 0 bridgehead atoms. The maximum atomic E-state index is 12.8. The lowest BCUT2D eigenvalue weighted by atomic mass is 9.96. The molecule has 0 aliphatic heterocycles. The Balaban J connectivity index is 2.36. The minimum Gasteiger partial charge on any atom is -0.403 e. The number of aryl methyl sites for hydroxylation is 1. The number of carbonyl (C=O) groups excluding carboxylic acids is 1. The van der Waals surface area contributed by atoms with Crippen molar-refractivity contribution in [3.8, 4) is 34.2 Å². The number of nitrogens with one attached hydrogen (secondary N) is 1. The van der Waals surface area contributed by atoms with Crippen LogP contribution in [0.5, 0.6) is 11.5 Å². The van der Waals surface area contributed by atoms with Crippen LogP contribution in [0.25, 0.3) is 22.7 Å². The van der Waals surface area contributed by atoms with Crippen LogP contribution < -0.4 is 14.4 Å². The highest BCUT2D eigenvalue weighted by Gasteiger charge is 2.39. The third-order valence-electron chi connectivity index (χ3n) is 4.82. The Bertz CT molecular complexity index is 1710. The van der Waals surface area contributed by atoms with Crippen LogP contribution in [0.4, 0.5) is 0 Å². The van der Waals surface area contributed by atoms with Crippen molar-refractivity contribution < 1.29 is 79.1 Å². The molecule has 0 saturated carbocycles. The lowest BCUT2D eigenvalue weighted by Gasteiger charge is -2.21. The number of amides is 1. The van der Waals surface area contributed by atoms with Crippen molar-refractivity contribution in [1.29, 1.82) is 0 Å². The zero-order valence-electron chi connectivity index (χ0n) is 22.2. The summed E-state index contributed by atoms with van der Waals surface area (Å²) in [5.41, 5.74) is -1.11. The lowest BCUT2D eigenvalue weighted by molar-refractivity contribution is 0.0947. The van der Waals surface area contributed by atoms with E-state index in [2.05, 4.69) is 29.2 Å². The number of hydrogen-bond donors (Lipinski definition) is 7. The van der Waals surface area contributed by atoms with E-state index in [0.717, 1.165) is 6.07 Å². The zero-order chi connectivity index (χ0) is 32.5. The topological polar surface area (TPSA) is 321 Å². The molecule has 25 heteroatoms. The molecule has 1 amide bonds. The Kier molecular flexibility index (Phi) is 10.2. The van der Waals surface area contributed by atoms with Gasteiger partial charge >= 0.3 is 31.3 Å². The van der Waals surface area contributed by atoms with E-state index in [9.17, 15) is 32.8 Å². The number of hydrogen-bond acceptors (Lipinski definition) is 14. The molecule has 0 saturated heterocycles. The fourth-order valence-electron chi connectivity index (χ4n) is 3.39. The van der Waals surface area contributed by atoms with Gasteiger partial charge in [0.05, 0.1) is 5.56 Å². The summed E-state index contributed by atoms with van der Waals surface area (Å²) in [6.07, 6.45) is 0. The van der Waals surface area contributed by atoms with Gasteiger partial charge in [-0.1, -0.05) is 24.2 Å². The molecule has 2 aromatic heterocycles. The SMILES string of the molecule is CCNC(=O)c1noc(-c2cc(C(C)C)c(OP(=O)(O)OP(=O)(O)O)cc2OP(=O)(O)OP(=O)(O)O)c1-c1noc(C)n1. The van der Waals surface area contributed by atoms with Gasteiger partial charge in [-0.25, -0.2) is 18.3 Å². The minimum atomic E-state index is -5.73. The summed E-state index contributed by atoms with van der Waals surface area (Å²) in [6.45, 7) is 6.22. The maximum Gasteiger partial charge on any atom is 0.536 e. The molecule has 21 nitrogen and oxygen atoms in total. The molecule has 43 heavy (non-hydrogen) atoms. The molecule has 0 radical (unpaired) electrons. The van der Waals surface area contributed by atoms with E-state index in [1.165, 1.54) is 20.8 Å². The summed E-state index contributed by atoms with van der Waals surface area (Å²) in [5.74, 6) is -3.74. The Hall–Kier alpha value is -2.76. The van der Waals surface area contributed by atoms with Gasteiger partial charge in [-0.15, -0.1) is 0 Å². The quantitative estimate of drug-likeness (QED) is 0.127. The number of aromatic nitrogens is 3. The molecule has 1 aromatic carbocycles. The largest absolute Gasteiger partial charge is 0.536 e. The fourth-order valence-corrected chi connectivity index (χ4v) is 6.62. The Morgan fingerprint density at radius 2 is 1.47 bits per heavy atom.